The number of halogens is 1. The minimum Gasteiger partial charge on any atom is -0.326 e. The van der Waals surface area contributed by atoms with Crippen molar-refractivity contribution in [3.63, 3.8) is 0 Å². The van der Waals surface area contributed by atoms with Gasteiger partial charge in [0, 0.05) is 16.6 Å². The van der Waals surface area contributed by atoms with Gasteiger partial charge < -0.3 is 5.32 Å². The molecule has 1 aromatic carbocycles. The summed E-state index contributed by atoms with van der Waals surface area (Å²) >= 11 is 3.45. The Labute approximate surface area is 106 Å². The van der Waals surface area contributed by atoms with Gasteiger partial charge in [0.15, 0.2) is 0 Å². The molecule has 0 heterocycles. The fourth-order valence-corrected chi connectivity index (χ4v) is 1.77. The van der Waals surface area contributed by atoms with E-state index >= 15 is 0 Å². The molecule has 0 fully saturated rings. The zero-order valence-corrected chi connectivity index (χ0v) is 11.6. The van der Waals surface area contributed by atoms with Crippen molar-refractivity contribution in [1.29, 1.82) is 0 Å². The number of benzene rings is 1. The van der Waals surface area contributed by atoms with E-state index in [-0.39, 0.29) is 5.91 Å². The smallest absolute Gasteiger partial charge is 0.224 e. The maximum atomic E-state index is 11.7. The maximum Gasteiger partial charge on any atom is 0.224 e. The first kappa shape index (κ1) is 13.2. The largest absolute Gasteiger partial charge is 0.326 e. The van der Waals surface area contributed by atoms with Crippen LogP contribution in [0.15, 0.2) is 22.7 Å². The van der Waals surface area contributed by atoms with Crippen LogP contribution in [0.5, 0.6) is 0 Å². The van der Waals surface area contributed by atoms with E-state index in [1.54, 1.807) is 0 Å². The van der Waals surface area contributed by atoms with Gasteiger partial charge in [-0.3, -0.25) is 4.79 Å². The van der Waals surface area contributed by atoms with Gasteiger partial charge in [-0.05, 0) is 30.5 Å². The van der Waals surface area contributed by atoms with E-state index in [1.165, 1.54) is 0 Å². The summed E-state index contributed by atoms with van der Waals surface area (Å²) in [6.07, 6.45) is 1.62. The first-order chi connectivity index (χ1) is 7.54. The van der Waals surface area contributed by atoms with Crippen LogP contribution in [-0.2, 0) is 4.79 Å². The Hall–Kier alpha value is -0.830. The van der Waals surface area contributed by atoms with Gasteiger partial charge in [-0.25, -0.2) is 0 Å². The van der Waals surface area contributed by atoms with Crippen molar-refractivity contribution < 1.29 is 4.79 Å². The first-order valence-corrected chi connectivity index (χ1v) is 6.38. The van der Waals surface area contributed by atoms with Crippen LogP contribution in [0.3, 0.4) is 0 Å². The van der Waals surface area contributed by atoms with Crippen molar-refractivity contribution in [2.45, 2.75) is 33.6 Å². The summed E-state index contributed by atoms with van der Waals surface area (Å²) in [5.41, 5.74) is 1.96. The third kappa shape index (κ3) is 3.63. The van der Waals surface area contributed by atoms with Gasteiger partial charge in [0.2, 0.25) is 5.91 Å². The highest BCUT2D eigenvalue weighted by atomic mass is 79.9. The highest BCUT2D eigenvalue weighted by Gasteiger charge is 2.09. The van der Waals surface area contributed by atoms with Crippen LogP contribution in [0.25, 0.3) is 0 Å². The summed E-state index contributed by atoms with van der Waals surface area (Å²) in [6, 6.07) is 5.82. The second-order valence-corrected chi connectivity index (χ2v) is 5.03. The van der Waals surface area contributed by atoms with Gasteiger partial charge in [-0.15, -0.1) is 0 Å². The Bertz CT molecular complexity index is 376. The van der Waals surface area contributed by atoms with Crippen molar-refractivity contribution in [2.24, 2.45) is 5.92 Å². The summed E-state index contributed by atoms with van der Waals surface area (Å²) in [6.45, 7) is 6.18. The lowest BCUT2D eigenvalue weighted by Gasteiger charge is -2.11. The number of hydrogen-bond donors (Lipinski definition) is 1. The second-order valence-electron chi connectivity index (χ2n) is 4.18. The molecule has 3 heteroatoms. The molecule has 1 aromatic rings. The molecular weight excluding hydrogens is 266 g/mol. The lowest BCUT2D eigenvalue weighted by Crippen LogP contribution is -2.15. The van der Waals surface area contributed by atoms with Crippen molar-refractivity contribution in [3.05, 3.63) is 28.2 Å². The minimum absolute atomic E-state index is 0.0931. The molecule has 0 aliphatic carbocycles. The molecule has 0 spiro atoms. The third-order valence-corrected chi connectivity index (χ3v) is 3.63. The van der Waals surface area contributed by atoms with Gasteiger partial charge in [0.05, 0.1) is 0 Å². The monoisotopic (exact) mass is 283 g/mol. The van der Waals surface area contributed by atoms with Crippen molar-refractivity contribution in [2.75, 3.05) is 5.32 Å². The molecule has 0 bridgehead atoms. The normalized spacial score (nSPS) is 12.2. The molecule has 2 nitrogen and oxygen atoms in total. The predicted octanol–water partition coefficient (Wildman–Crippen LogP) is 4.13. The highest BCUT2D eigenvalue weighted by molar-refractivity contribution is 9.10. The molecule has 0 saturated carbocycles. The first-order valence-electron chi connectivity index (χ1n) is 5.59. The van der Waals surface area contributed by atoms with E-state index < -0.39 is 0 Å². The summed E-state index contributed by atoms with van der Waals surface area (Å²) in [7, 11) is 0. The van der Waals surface area contributed by atoms with Crippen molar-refractivity contribution >= 4 is 27.5 Å². The predicted molar refractivity (Wildman–Crippen MR) is 71.6 cm³/mol. The molecule has 0 aromatic heterocycles. The highest BCUT2D eigenvalue weighted by Crippen LogP contribution is 2.23. The molecule has 88 valence electrons. The van der Waals surface area contributed by atoms with Crippen LogP contribution in [0.1, 0.15) is 32.3 Å². The summed E-state index contributed by atoms with van der Waals surface area (Å²) < 4.78 is 1.02. The average molecular weight is 284 g/mol. The number of carbonyl (C=O) groups is 1. The third-order valence-electron chi connectivity index (χ3n) is 2.77. The average Bonchev–Trinajstić information content (AvgIpc) is 2.24. The summed E-state index contributed by atoms with van der Waals surface area (Å²) in [5, 5.41) is 2.95. The number of amides is 1. The van der Waals surface area contributed by atoms with E-state index in [4.69, 9.17) is 0 Å². The Morgan fingerprint density at radius 1 is 1.50 bits per heavy atom. The van der Waals surface area contributed by atoms with Crippen LogP contribution >= 0.6 is 15.9 Å². The van der Waals surface area contributed by atoms with E-state index in [2.05, 4.69) is 35.1 Å². The minimum atomic E-state index is 0.0931. The van der Waals surface area contributed by atoms with E-state index in [1.807, 2.05) is 25.1 Å². The van der Waals surface area contributed by atoms with Crippen molar-refractivity contribution in [1.82, 2.24) is 0 Å². The van der Waals surface area contributed by atoms with Crippen molar-refractivity contribution in [3.8, 4) is 0 Å². The molecule has 1 N–H and O–H groups in total. The standard InChI is InChI=1S/C13H18BrNO/c1-4-9(2)8-13(16)15-12-7-5-6-11(14)10(12)3/h5-7,9H,4,8H2,1-3H3,(H,15,16). The number of hydrogen-bond acceptors (Lipinski definition) is 1. The van der Waals surface area contributed by atoms with Crippen LogP contribution in [0, 0.1) is 12.8 Å². The molecule has 1 atom stereocenters. The fraction of sp³-hybridized carbons (Fsp3) is 0.462. The van der Waals surface area contributed by atoms with E-state index in [9.17, 15) is 4.79 Å². The molecule has 0 aliphatic heterocycles. The number of anilines is 1. The van der Waals surface area contributed by atoms with Gasteiger partial charge in [-0.1, -0.05) is 42.3 Å². The quantitative estimate of drug-likeness (QED) is 0.884. The Morgan fingerprint density at radius 2 is 2.19 bits per heavy atom. The maximum absolute atomic E-state index is 11.7. The van der Waals surface area contributed by atoms with Crippen LogP contribution in [-0.4, -0.2) is 5.91 Å². The molecule has 16 heavy (non-hydrogen) atoms. The van der Waals surface area contributed by atoms with Crippen LogP contribution in [0.2, 0.25) is 0 Å². The Balaban J connectivity index is 2.66. The fourth-order valence-electron chi connectivity index (χ4n) is 1.40. The molecule has 0 radical (unpaired) electrons. The summed E-state index contributed by atoms with van der Waals surface area (Å²) in [4.78, 5) is 11.7. The molecule has 1 rings (SSSR count). The summed E-state index contributed by atoms with van der Waals surface area (Å²) in [5.74, 6) is 0.531. The molecule has 0 aliphatic rings. The Kier molecular flexibility index (Phi) is 5.00. The molecule has 1 amide bonds. The molecule has 1 unspecified atom stereocenters. The van der Waals surface area contributed by atoms with E-state index in [0.717, 1.165) is 22.1 Å². The van der Waals surface area contributed by atoms with Gasteiger partial charge >= 0.3 is 0 Å². The molecule has 0 saturated heterocycles. The van der Waals surface area contributed by atoms with Gasteiger partial charge in [0.1, 0.15) is 0 Å². The van der Waals surface area contributed by atoms with Gasteiger partial charge in [-0.2, -0.15) is 0 Å². The zero-order valence-electron chi connectivity index (χ0n) is 10.0. The van der Waals surface area contributed by atoms with Gasteiger partial charge in [0.25, 0.3) is 0 Å². The number of nitrogens with one attached hydrogen (secondary N) is 1. The topological polar surface area (TPSA) is 29.1 Å². The zero-order chi connectivity index (χ0) is 12.1. The molecular formula is C13H18BrNO. The number of carbonyl (C=O) groups excluding carboxylic acids is 1. The SMILES string of the molecule is CCC(C)CC(=O)Nc1cccc(Br)c1C. The number of rotatable bonds is 4. The van der Waals surface area contributed by atoms with Crippen LogP contribution < -0.4 is 5.32 Å². The lowest BCUT2D eigenvalue weighted by atomic mass is 10.0. The van der Waals surface area contributed by atoms with Crippen LogP contribution in [0.4, 0.5) is 5.69 Å². The second kappa shape index (κ2) is 6.04. The Morgan fingerprint density at radius 3 is 2.81 bits per heavy atom. The van der Waals surface area contributed by atoms with E-state index in [0.29, 0.717) is 12.3 Å². The lowest BCUT2D eigenvalue weighted by molar-refractivity contribution is -0.117.